The van der Waals surface area contributed by atoms with Crippen LogP contribution in [0.2, 0.25) is 5.02 Å². The topological polar surface area (TPSA) is 99.4 Å². The molecule has 3 rings (SSSR count). The second-order valence-electron chi connectivity index (χ2n) is 5.18. The maximum atomic E-state index is 11.3. The fourth-order valence-corrected chi connectivity index (χ4v) is 2.27. The highest BCUT2D eigenvalue weighted by Crippen LogP contribution is 2.24. The summed E-state index contributed by atoms with van der Waals surface area (Å²) in [5, 5.41) is 0.580. The Kier molecular flexibility index (Phi) is 4.97. The van der Waals surface area contributed by atoms with E-state index in [1.807, 2.05) is 5.43 Å². The van der Waals surface area contributed by atoms with E-state index in [-0.39, 0.29) is 0 Å². The van der Waals surface area contributed by atoms with Crippen molar-refractivity contribution in [3.63, 3.8) is 0 Å². The van der Waals surface area contributed by atoms with E-state index in [0.717, 1.165) is 5.52 Å². The predicted molar refractivity (Wildman–Crippen MR) is 93.5 cm³/mol. The molecule has 3 N–H and O–H groups in total. The summed E-state index contributed by atoms with van der Waals surface area (Å²) in [7, 11) is 0. The van der Waals surface area contributed by atoms with Crippen LogP contribution in [0.4, 0.5) is 0 Å². The van der Waals surface area contributed by atoms with E-state index in [1.54, 1.807) is 49.4 Å². The Morgan fingerprint density at radius 3 is 2.60 bits per heavy atom. The molecular formula is C17H15ClN4O3. The molecule has 0 radical (unpaired) electrons. The van der Waals surface area contributed by atoms with Crippen LogP contribution >= 0.6 is 11.6 Å². The molecule has 0 spiro atoms. The fourth-order valence-electron chi connectivity index (χ4n) is 2.10. The molecule has 128 valence electrons. The van der Waals surface area contributed by atoms with Crippen LogP contribution in [0.3, 0.4) is 0 Å². The number of nitrogens with one attached hydrogen (secondary N) is 1. The average molecular weight is 359 g/mol. The third-order valence-electron chi connectivity index (χ3n) is 3.35. The second kappa shape index (κ2) is 7.33. The van der Waals surface area contributed by atoms with Crippen LogP contribution < -0.4 is 20.7 Å². The highest BCUT2D eigenvalue weighted by molar-refractivity contribution is 6.31. The Morgan fingerprint density at radius 1 is 1.16 bits per heavy atom. The molecular weight excluding hydrogens is 344 g/mol. The Labute approximate surface area is 148 Å². The predicted octanol–water partition coefficient (Wildman–Crippen LogP) is 2.83. The lowest BCUT2D eigenvalue weighted by molar-refractivity contribution is -0.127. The molecule has 3 aromatic rings. The molecule has 0 aliphatic heterocycles. The van der Waals surface area contributed by atoms with Gasteiger partial charge in [-0.1, -0.05) is 11.6 Å². The zero-order chi connectivity index (χ0) is 17.8. The van der Waals surface area contributed by atoms with E-state index in [2.05, 4.69) is 9.97 Å². The third-order valence-corrected chi connectivity index (χ3v) is 3.59. The number of hydrogen-bond donors (Lipinski definition) is 2. The number of nitrogens with two attached hydrogens (primary N) is 1. The van der Waals surface area contributed by atoms with Gasteiger partial charge in [-0.2, -0.15) is 0 Å². The van der Waals surface area contributed by atoms with Gasteiger partial charge in [0.1, 0.15) is 11.5 Å². The first-order valence-electron chi connectivity index (χ1n) is 7.42. The molecule has 1 aromatic heterocycles. The van der Waals surface area contributed by atoms with Gasteiger partial charge in [0, 0.05) is 5.02 Å². The lowest BCUT2D eigenvalue weighted by atomic mass is 10.3. The van der Waals surface area contributed by atoms with Gasteiger partial charge in [-0.3, -0.25) is 10.2 Å². The number of fused-ring (bicyclic) bond motifs is 1. The number of nitrogens with zero attached hydrogens (tertiary/aromatic N) is 2. The normalized spacial score (nSPS) is 11.8. The molecule has 0 aliphatic carbocycles. The van der Waals surface area contributed by atoms with Crippen LogP contribution in [0.1, 0.15) is 6.92 Å². The maximum absolute atomic E-state index is 11.3. The van der Waals surface area contributed by atoms with Crippen LogP contribution in [-0.2, 0) is 4.79 Å². The lowest BCUT2D eigenvalue weighted by Crippen LogP contribution is -2.40. The van der Waals surface area contributed by atoms with Gasteiger partial charge in [0.2, 0.25) is 5.88 Å². The first-order chi connectivity index (χ1) is 12.0. The van der Waals surface area contributed by atoms with Crippen LogP contribution in [0.5, 0.6) is 17.4 Å². The van der Waals surface area contributed by atoms with Crippen molar-refractivity contribution in [3.05, 3.63) is 53.7 Å². The number of carbonyl (C=O) groups excluding carboxylic acids is 1. The quantitative estimate of drug-likeness (QED) is 0.413. The van der Waals surface area contributed by atoms with Gasteiger partial charge in [0.05, 0.1) is 17.2 Å². The highest BCUT2D eigenvalue weighted by atomic mass is 35.5. The van der Waals surface area contributed by atoms with Crippen molar-refractivity contribution in [3.8, 4) is 17.4 Å². The highest BCUT2D eigenvalue weighted by Gasteiger charge is 2.13. The molecule has 7 nitrogen and oxygen atoms in total. The van der Waals surface area contributed by atoms with Crippen LogP contribution in [0, 0.1) is 0 Å². The molecule has 1 atom stereocenters. The Bertz CT molecular complexity index is 902. The van der Waals surface area contributed by atoms with E-state index >= 15 is 0 Å². The van der Waals surface area contributed by atoms with Crippen molar-refractivity contribution < 1.29 is 14.3 Å². The summed E-state index contributed by atoms with van der Waals surface area (Å²) in [6.07, 6.45) is 0.835. The van der Waals surface area contributed by atoms with Crippen LogP contribution in [0.15, 0.2) is 48.7 Å². The Morgan fingerprint density at radius 2 is 1.88 bits per heavy atom. The van der Waals surface area contributed by atoms with Crippen molar-refractivity contribution in [2.45, 2.75) is 13.0 Å². The number of carbonyl (C=O) groups is 1. The van der Waals surface area contributed by atoms with E-state index in [4.69, 9.17) is 26.9 Å². The Balaban J connectivity index is 1.72. The van der Waals surface area contributed by atoms with Gasteiger partial charge in [-0.15, -0.1) is 0 Å². The van der Waals surface area contributed by atoms with Crippen molar-refractivity contribution in [2.75, 3.05) is 0 Å². The summed E-state index contributed by atoms with van der Waals surface area (Å²) in [6.45, 7) is 1.60. The van der Waals surface area contributed by atoms with Gasteiger partial charge in [-0.25, -0.2) is 15.8 Å². The molecule has 1 unspecified atom stereocenters. The van der Waals surface area contributed by atoms with E-state index in [0.29, 0.717) is 27.9 Å². The molecule has 1 heterocycles. The number of aromatic nitrogens is 2. The molecule has 0 fully saturated rings. The minimum absolute atomic E-state index is 0.347. The number of benzene rings is 2. The van der Waals surface area contributed by atoms with E-state index in [9.17, 15) is 4.79 Å². The smallest absolute Gasteiger partial charge is 0.274 e. The number of hydrazine groups is 1. The number of hydrogen-bond acceptors (Lipinski definition) is 6. The maximum Gasteiger partial charge on any atom is 0.274 e. The number of ether oxygens (including phenoxy) is 2. The fraction of sp³-hybridized carbons (Fsp3) is 0.118. The number of amides is 1. The van der Waals surface area contributed by atoms with E-state index in [1.165, 1.54) is 6.20 Å². The van der Waals surface area contributed by atoms with Crippen LogP contribution in [0.25, 0.3) is 11.0 Å². The zero-order valence-corrected chi connectivity index (χ0v) is 14.0. The summed E-state index contributed by atoms with van der Waals surface area (Å²) in [6, 6.07) is 12.0. The molecule has 0 saturated heterocycles. The Hall–Kier alpha value is -2.90. The SMILES string of the molecule is CC(Oc1ccc(Oc2cnc3ccc(Cl)cc3n2)cc1)C(=O)NN. The van der Waals surface area contributed by atoms with Crippen molar-refractivity contribution in [2.24, 2.45) is 5.84 Å². The molecule has 1 amide bonds. The largest absolute Gasteiger partial charge is 0.481 e. The lowest BCUT2D eigenvalue weighted by Gasteiger charge is -2.13. The molecule has 8 heteroatoms. The zero-order valence-electron chi connectivity index (χ0n) is 13.3. The van der Waals surface area contributed by atoms with Gasteiger partial charge < -0.3 is 9.47 Å². The van der Waals surface area contributed by atoms with Crippen LogP contribution in [-0.4, -0.2) is 22.0 Å². The summed E-state index contributed by atoms with van der Waals surface area (Å²) in [4.78, 5) is 20.0. The van der Waals surface area contributed by atoms with Gasteiger partial charge in [0.15, 0.2) is 6.10 Å². The van der Waals surface area contributed by atoms with Crippen molar-refractivity contribution >= 4 is 28.5 Å². The molecule has 0 bridgehead atoms. The summed E-state index contributed by atoms with van der Waals surface area (Å²) >= 11 is 5.96. The van der Waals surface area contributed by atoms with Gasteiger partial charge in [-0.05, 0) is 49.4 Å². The van der Waals surface area contributed by atoms with Crippen molar-refractivity contribution in [1.29, 1.82) is 0 Å². The number of rotatable bonds is 5. The number of halogens is 1. The molecule has 0 aliphatic rings. The average Bonchev–Trinajstić information content (AvgIpc) is 2.62. The van der Waals surface area contributed by atoms with Gasteiger partial charge in [0.25, 0.3) is 5.91 Å². The monoisotopic (exact) mass is 358 g/mol. The first kappa shape index (κ1) is 16.9. The van der Waals surface area contributed by atoms with Crippen molar-refractivity contribution in [1.82, 2.24) is 15.4 Å². The summed E-state index contributed by atoms with van der Waals surface area (Å²) in [5.74, 6) is 6.07. The standard InChI is InChI=1S/C17H15ClN4O3/c1-10(17(23)22-19)24-12-3-5-13(6-4-12)25-16-9-20-14-7-2-11(18)8-15(14)21-16/h2-10H,19H2,1H3,(H,22,23). The summed E-state index contributed by atoms with van der Waals surface area (Å²) < 4.78 is 11.1. The molecule has 2 aromatic carbocycles. The first-order valence-corrected chi connectivity index (χ1v) is 7.80. The minimum Gasteiger partial charge on any atom is -0.481 e. The molecule has 25 heavy (non-hydrogen) atoms. The second-order valence-corrected chi connectivity index (χ2v) is 5.62. The van der Waals surface area contributed by atoms with E-state index < -0.39 is 12.0 Å². The minimum atomic E-state index is -0.701. The third kappa shape index (κ3) is 4.14. The molecule has 0 saturated carbocycles. The van der Waals surface area contributed by atoms with Gasteiger partial charge >= 0.3 is 0 Å². The summed E-state index contributed by atoms with van der Waals surface area (Å²) in [5.41, 5.74) is 3.41.